The molecule has 1 fully saturated rings. The van der Waals surface area contributed by atoms with E-state index in [2.05, 4.69) is 5.32 Å². The molecule has 0 unspecified atom stereocenters. The molecule has 10 nitrogen and oxygen atoms in total. The maximum absolute atomic E-state index is 12.3. The van der Waals surface area contributed by atoms with E-state index in [1.54, 1.807) is 36.3 Å². The number of ether oxygens (including phenoxy) is 4. The Balaban J connectivity index is 1.56. The molecule has 36 heavy (non-hydrogen) atoms. The molecule has 1 aliphatic rings. The van der Waals surface area contributed by atoms with Gasteiger partial charge < -0.3 is 29.4 Å². The van der Waals surface area contributed by atoms with Gasteiger partial charge in [-0.05, 0) is 37.3 Å². The third-order valence-electron chi connectivity index (χ3n) is 4.97. The van der Waals surface area contributed by atoms with Crippen LogP contribution in [-0.2, 0) is 14.4 Å². The van der Waals surface area contributed by atoms with Crippen LogP contribution < -0.4 is 19.5 Å². The van der Waals surface area contributed by atoms with E-state index < -0.39 is 18.0 Å². The van der Waals surface area contributed by atoms with E-state index in [0.717, 1.165) is 0 Å². The number of halogens is 2. The molecule has 0 spiro atoms. The Labute approximate surface area is 218 Å². The van der Waals surface area contributed by atoms with Crippen molar-refractivity contribution in [1.82, 2.24) is 10.4 Å². The summed E-state index contributed by atoms with van der Waals surface area (Å²) in [6.45, 7) is 2.31. The second kappa shape index (κ2) is 13.5. The first-order valence-corrected chi connectivity index (χ1v) is 12.0. The van der Waals surface area contributed by atoms with Crippen LogP contribution in [0.4, 0.5) is 0 Å². The molecule has 1 heterocycles. The summed E-state index contributed by atoms with van der Waals surface area (Å²) in [7, 11) is 1.47. The van der Waals surface area contributed by atoms with Gasteiger partial charge in [-0.2, -0.15) is 5.06 Å². The zero-order valence-electron chi connectivity index (χ0n) is 19.9. The monoisotopic (exact) mass is 542 g/mol. The average molecular weight is 543 g/mol. The number of aliphatic hydroxyl groups excluding tert-OH is 1. The Morgan fingerprint density at radius 1 is 1.19 bits per heavy atom. The molecule has 3 rings (SSSR count). The first-order chi connectivity index (χ1) is 17.3. The second-order valence-electron chi connectivity index (χ2n) is 7.75. The average Bonchev–Trinajstić information content (AvgIpc) is 3.29. The first-order valence-electron chi connectivity index (χ1n) is 11.2. The van der Waals surface area contributed by atoms with E-state index in [1.807, 2.05) is 0 Å². The lowest BCUT2D eigenvalue weighted by atomic mass is 10.1. The quantitative estimate of drug-likeness (QED) is 0.390. The Morgan fingerprint density at radius 3 is 2.64 bits per heavy atom. The molecular weight excluding hydrogens is 515 g/mol. The van der Waals surface area contributed by atoms with Crippen LogP contribution in [-0.4, -0.2) is 80.8 Å². The Morgan fingerprint density at radius 2 is 1.94 bits per heavy atom. The van der Waals surface area contributed by atoms with Gasteiger partial charge in [0.15, 0.2) is 6.61 Å². The van der Waals surface area contributed by atoms with Crippen molar-refractivity contribution >= 4 is 35.1 Å². The van der Waals surface area contributed by atoms with E-state index in [0.29, 0.717) is 23.9 Å². The van der Waals surface area contributed by atoms with Gasteiger partial charge in [-0.1, -0.05) is 23.2 Å². The van der Waals surface area contributed by atoms with Crippen LogP contribution in [0.25, 0.3) is 0 Å². The number of esters is 1. The van der Waals surface area contributed by atoms with Crippen molar-refractivity contribution in [2.45, 2.75) is 19.1 Å². The summed E-state index contributed by atoms with van der Waals surface area (Å²) < 4.78 is 21.8. The van der Waals surface area contributed by atoms with Gasteiger partial charge in [-0.3, -0.25) is 9.63 Å². The highest BCUT2D eigenvalue weighted by Crippen LogP contribution is 2.33. The summed E-state index contributed by atoms with van der Waals surface area (Å²) in [5.41, 5.74) is 0.145. The largest absolute Gasteiger partial charge is 0.490 e. The number of nitrogens with one attached hydrogen (secondary N) is 1. The lowest BCUT2D eigenvalue weighted by Gasteiger charge is -2.20. The molecule has 196 valence electrons. The minimum atomic E-state index is -0.948. The molecule has 12 heteroatoms. The molecule has 1 amide bonds. The van der Waals surface area contributed by atoms with Crippen molar-refractivity contribution in [1.29, 1.82) is 0 Å². The zero-order valence-corrected chi connectivity index (χ0v) is 21.4. The van der Waals surface area contributed by atoms with Gasteiger partial charge in [0.25, 0.3) is 5.91 Å². The van der Waals surface area contributed by atoms with Crippen molar-refractivity contribution < 1.29 is 38.5 Å². The number of hydrogen-bond donors (Lipinski definition) is 2. The SMILES string of the molecule is CCOC(=O)COc1cc(OC[C@H](O)CN2C[C@@H](Oc3ccc(Cl)cc3)CO2)c(C(=O)NC)cc1Cl. The van der Waals surface area contributed by atoms with E-state index in [-0.39, 0.29) is 54.6 Å². The predicted octanol–water partition coefficient (Wildman–Crippen LogP) is 2.73. The predicted molar refractivity (Wildman–Crippen MR) is 132 cm³/mol. The number of aliphatic hydroxyl groups is 1. The number of carbonyl (C=O) groups is 2. The first kappa shape index (κ1) is 27.8. The van der Waals surface area contributed by atoms with Gasteiger partial charge in [0.05, 0.1) is 30.3 Å². The topological polar surface area (TPSA) is 116 Å². The summed E-state index contributed by atoms with van der Waals surface area (Å²) in [6, 6.07) is 9.78. The molecule has 2 atom stereocenters. The van der Waals surface area contributed by atoms with Crippen molar-refractivity contribution in [2.75, 3.05) is 46.6 Å². The zero-order chi connectivity index (χ0) is 26.1. The normalized spacial score (nSPS) is 16.3. The van der Waals surface area contributed by atoms with Crippen LogP contribution in [0.1, 0.15) is 17.3 Å². The summed E-state index contributed by atoms with van der Waals surface area (Å²) in [4.78, 5) is 29.5. The minimum Gasteiger partial charge on any atom is -0.490 e. The van der Waals surface area contributed by atoms with Gasteiger partial charge in [-0.25, -0.2) is 4.79 Å². The second-order valence-corrected chi connectivity index (χ2v) is 8.60. The van der Waals surface area contributed by atoms with Gasteiger partial charge in [0.2, 0.25) is 0 Å². The summed E-state index contributed by atoms with van der Waals surface area (Å²) >= 11 is 12.1. The fraction of sp³-hybridized carbons (Fsp3) is 0.417. The third-order valence-corrected chi connectivity index (χ3v) is 5.52. The van der Waals surface area contributed by atoms with E-state index in [1.165, 1.54) is 19.2 Å². The molecular formula is C24H28Cl2N2O8. The summed E-state index contributed by atoms with van der Waals surface area (Å²) in [6.07, 6.45) is -1.16. The van der Waals surface area contributed by atoms with Crippen molar-refractivity contribution in [2.24, 2.45) is 0 Å². The van der Waals surface area contributed by atoms with Crippen molar-refractivity contribution in [3.8, 4) is 17.2 Å². The molecule has 2 N–H and O–H groups in total. The summed E-state index contributed by atoms with van der Waals surface area (Å²) in [5, 5.41) is 15.3. The fourth-order valence-corrected chi connectivity index (χ4v) is 3.66. The number of rotatable bonds is 12. The Bertz CT molecular complexity index is 1040. The maximum atomic E-state index is 12.3. The molecule has 2 aromatic carbocycles. The number of carbonyl (C=O) groups excluding carboxylic acids is 2. The van der Waals surface area contributed by atoms with Crippen molar-refractivity contribution in [3.63, 3.8) is 0 Å². The lowest BCUT2D eigenvalue weighted by Crippen LogP contribution is -2.35. The third kappa shape index (κ3) is 8.14. The molecule has 0 aromatic heterocycles. The maximum Gasteiger partial charge on any atom is 0.344 e. The summed E-state index contributed by atoms with van der Waals surface area (Å²) in [5.74, 6) is -0.0757. The number of hydrogen-bond acceptors (Lipinski definition) is 9. The van der Waals surface area contributed by atoms with Crippen LogP contribution in [0, 0.1) is 0 Å². The molecule has 1 saturated heterocycles. The van der Waals surface area contributed by atoms with Gasteiger partial charge >= 0.3 is 5.97 Å². The number of benzene rings is 2. The molecule has 2 aromatic rings. The van der Waals surface area contributed by atoms with Crippen LogP contribution >= 0.6 is 23.2 Å². The van der Waals surface area contributed by atoms with Gasteiger partial charge in [-0.15, -0.1) is 0 Å². The van der Waals surface area contributed by atoms with Crippen molar-refractivity contribution in [3.05, 3.63) is 52.0 Å². The lowest BCUT2D eigenvalue weighted by molar-refractivity contribution is -0.145. The number of β-amino-alcohol motifs (C(OH)–C–C–N with tert-alkyl or cyclic N) is 1. The number of amides is 1. The molecule has 1 aliphatic heterocycles. The van der Waals surface area contributed by atoms with Crippen LogP contribution in [0.3, 0.4) is 0 Å². The molecule has 0 bridgehead atoms. The molecule has 0 aliphatic carbocycles. The highest BCUT2D eigenvalue weighted by atomic mass is 35.5. The van der Waals surface area contributed by atoms with E-state index in [9.17, 15) is 14.7 Å². The van der Waals surface area contributed by atoms with E-state index in [4.69, 9.17) is 47.0 Å². The Kier molecular flexibility index (Phi) is 10.4. The molecule has 0 radical (unpaired) electrons. The number of nitrogens with zero attached hydrogens (tertiary/aromatic N) is 1. The Hall–Kier alpha value is -2.76. The fourth-order valence-electron chi connectivity index (χ4n) is 3.32. The minimum absolute atomic E-state index is 0.114. The van der Waals surface area contributed by atoms with Crippen LogP contribution in [0.5, 0.6) is 17.2 Å². The van der Waals surface area contributed by atoms with Gasteiger partial charge in [0, 0.05) is 18.1 Å². The number of hydroxylamine groups is 2. The van der Waals surface area contributed by atoms with Gasteiger partial charge in [0.1, 0.15) is 42.7 Å². The molecule has 0 saturated carbocycles. The smallest absolute Gasteiger partial charge is 0.344 e. The highest BCUT2D eigenvalue weighted by Gasteiger charge is 2.27. The highest BCUT2D eigenvalue weighted by molar-refractivity contribution is 6.32. The van der Waals surface area contributed by atoms with E-state index >= 15 is 0 Å². The van der Waals surface area contributed by atoms with Crippen LogP contribution in [0.15, 0.2) is 36.4 Å². The van der Waals surface area contributed by atoms with Crippen LogP contribution in [0.2, 0.25) is 10.0 Å². The standard InChI is InChI=1S/C24H28Cl2N2O8/c1-3-32-23(30)14-34-22-9-21(19(8-20(22)26)24(31)27-2)33-12-16(29)10-28-11-18(13-35-28)36-17-6-4-15(25)5-7-17/h4-9,16,18,29H,3,10-14H2,1-2H3,(H,27,31)/t16-,18-/m1/s1.